The minimum atomic E-state index is -1.37. The van der Waals surface area contributed by atoms with E-state index in [4.69, 9.17) is 4.74 Å². The van der Waals surface area contributed by atoms with Gasteiger partial charge < -0.3 is 35.6 Å². The fraction of sp³-hybridized carbons (Fsp3) is 0.968. The van der Waals surface area contributed by atoms with Crippen LogP contribution in [0, 0.1) is 27.1 Å². The first-order valence-corrected chi connectivity index (χ1v) is 14.6. The molecule has 1 rings (SSSR count). The Hall–Kier alpha value is -0.770. The van der Waals surface area contributed by atoms with Gasteiger partial charge in [0.15, 0.2) is 0 Å². The first-order chi connectivity index (χ1) is 17.3. The Kier molecular flexibility index (Phi) is 12.1. The van der Waals surface area contributed by atoms with E-state index in [2.05, 4.69) is 46.9 Å². The highest BCUT2D eigenvalue weighted by molar-refractivity contribution is 5.77. The lowest BCUT2D eigenvalue weighted by molar-refractivity contribution is -0.139. The van der Waals surface area contributed by atoms with Gasteiger partial charge in [-0.25, -0.2) is 0 Å². The van der Waals surface area contributed by atoms with E-state index in [-0.39, 0.29) is 35.2 Å². The van der Waals surface area contributed by atoms with Gasteiger partial charge in [0, 0.05) is 6.42 Å². The van der Waals surface area contributed by atoms with Crippen LogP contribution in [-0.2, 0) is 9.53 Å². The van der Waals surface area contributed by atoms with Crippen LogP contribution in [0.3, 0.4) is 0 Å². The van der Waals surface area contributed by atoms with Crippen molar-refractivity contribution in [2.75, 3.05) is 6.61 Å². The third-order valence-corrected chi connectivity index (χ3v) is 7.65. The number of nitrogens with one attached hydrogen (secondary N) is 1. The Balaban J connectivity index is 3.19. The molecule has 0 radical (unpaired) electrons. The lowest BCUT2D eigenvalue weighted by Gasteiger charge is -2.41. The molecule has 0 aliphatic heterocycles. The van der Waals surface area contributed by atoms with Crippen molar-refractivity contribution in [3.05, 3.63) is 0 Å². The monoisotopic (exact) mass is 559 g/mol. The molecule has 7 atom stereocenters. The number of carbonyl (C=O) groups excluding carboxylic acids is 1. The van der Waals surface area contributed by atoms with E-state index < -0.39 is 53.5 Å². The predicted molar refractivity (Wildman–Crippen MR) is 155 cm³/mol. The molecule has 0 saturated heterocycles. The van der Waals surface area contributed by atoms with Crippen molar-refractivity contribution in [3.63, 3.8) is 0 Å². The van der Waals surface area contributed by atoms with Gasteiger partial charge in [-0.1, -0.05) is 83.1 Å². The Morgan fingerprint density at radius 3 is 1.87 bits per heavy atom. The number of rotatable bonds is 11. The number of aliphatic hydroxyl groups excluding tert-OH is 5. The Morgan fingerprint density at radius 1 is 0.872 bits per heavy atom. The molecule has 0 aromatic heterocycles. The molecule has 0 spiro atoms. The summed E-state index contributed by atoms with van der Waals surface area (Å²) in [5.41, 5.74) is -1.41. The molecule has 0 aromatic carbocycles. The summed E-state index contributed by atoms with van der Waals surface area (Å²) in [6.07, 6.45) is -4.73. The van der Waals surface area contributed by atoms with Crippen LogP contribution in [0.25, 0.3) is 0 Å². The van der Waals surface area contributed by atoms with E-state index in [0.717, 1.165) is 6.42 Å². The lowest BCUT2D eigenvalue weighted by atomic mass is 9.71. The van der Waals surface area contributed by atoms with Crippen LogP contribution in [0.2, 0.25) is 0 Å². The number of carbonyl (C=O) groups is 1. The molecule has 0 aromatic rings. The molecular formula is C31H61NO7. The number of ether oxygens (including phenoxy) is 1. The Morgan fingerprint density at radius 2 is 1.38 bits per heavy atom. The van der Waals surface area contributed by atoms with Crippen LogP contribution in [0.15, 0.2) is 0 Å². The smallest absolute Gasteiger partial charge is 0.220 e. The summed E-state index contributed by atoms with van der Waals surface area (Å²) in [6.45, 7) is 24.2. The summed E-state index contributed by atoms with van der Waals surface area (Å²) in [6, 6.07) is -0.946. The first-order valence-electron chi connectivity index (χ1n) is 14.6. The summed E-state index contributed by atoms with van der Waals surface area (Å²) >= 11 is 0. The second kappa shape index (κ2) is 13.0. The van der Waals surface area contributed by atoms with Crippen molar-refractivity contribution in [3.8, 4) is 0 Å². The molecule has 6 N–H and O–H groups in total. The van der Waals surface area contributed by atoms with Crippen LogP contribution >= 0.6 is 0 Å². The van der Waals surface area contributed by atoms with Crippen molar-refractivity contribution in [2.45, 2.75) is 158 Å². The van der Waals surface area contributed by atoms with Crippen molar-refractivity contribution < 1.29 is 35.1 Å². The van der Waals surface area contributed by atoms with E-state index in [9.17, 15) is 30.3 Å². The molecule has 0 unspecified atom stereocenters. The first kappa shape index (κ1) is 36.3. The highest BCUT2D eigenvalue weighted by atomic mass is 16.5. The minimum Gasteiger partial charge on any atom is -0.390 e. The molecule has 0 heterocycles. The summed E-state index contributed by atoms with van der Waals surface area (Å²) in [5, 5.41) is 57.1. The van der Waals surface area contributed by atoms with Gasteiger partial charge in [-0.3, -0.25) is 4.79 Å². The number of hydrogen-bond donors (Lipinski definition) is 6. The zero-order valence-corrected chi connectivity index (χ0v) is 26.8. The number of hydrogen-bond acceptors (Lipinski definition) is 7. The van der Waals surface area contributed by atoms with Crippen LogP contribution in [-0.4, -0.2) is 80.7 Å². The van der Waals surface area contributed by atoms with Gasteiger partial charge in [0.2, 0.25) is 5.91 Å². The van der Waals surface area contributed by atoms with Gasteiger partial charge >= 0.3 is 0 Å². The maximum Gasteiger partial charge on any atom is 0.220 e. The summed E-state index contributed by atoms with van der Waals surface area (Å²) in [5.74, 6) is -0.255. The zero-order valence-electron chi connectivity index (χ0n) is 26.8. The van der Waals surface area contributed by atoms with Crippen molar-refractivity contribution in [1.82, 2.24) is 5.32 Å². The van der Waals surface area contributed by atoms with Gasteiger partial charge in [0.1, 0.15) is 18.3 Å². The minimum absolute atomic E-state index is 0.0345. The molecule has 1 fully saturated rings. The van der Waals surface area contributed by atoms with Gasteiger partial charge in [0.05, 0.1) is 31.0 Å². The van der Waals surface area contributed by atoms with Crippen molar-refractivity contribution in [2.24, 2.45) is 27.1 Å². The third-order valence-electron chi connectivity index (χ3n) is 7.65. The molecule has 1 amide bonds. The van der Waals surface area contributed by atoms with Crippen LogP contribution in [0.4, 0.5) is 0 Å². The quantitative estimate of drug-likeness (QED) is 0.212. The van der Waals surface area contributed by atoms with E-state index in [1.54, 1.807) is 0 Å². The standard InChI is InChI=1S/C31H61NO7/c1-27(2,3)17-30(9,10)15-22(34)32-19(23(35)26(38)31(11,12)18-28(4,5)6)16-39-21-14-29(7,8)13-20(33)24(36)25(21)37/h19-21,23-26,33,35-38H,13-18H2,1-12H3,(H,32,34)/t19-,20-,21-,23-,24-,25-,26-/m0/s1. The SMILES string of the molecule is CC(C)(C)CC(C)(C)CC(=O)N[C@@H](CO[C@H]1CC(C)(C)C[C@H](O)[C@H](O)[C@H]1O)[C@H](O)[C@H](O)C(C)(C)CC(C)(C)C. The number of amides is 1. The van der Waals surface area contributed by atoms with Crippen LogP contribution < -0.4 is 5.32 Å². The van der Waals surface area contributed by atoms with Gasteiger partial charge in [-0.15, -0.1) is 0 Å². The highest BCUT2D eigenvalue weighted by Crippen LogP contribution is 2.39. The van der Waals surface area contributed by atoms with Crippen molar-refractivity contribution >= 4 is 5.91 Å². The summed E-state index contributed by atoms with van der Waals surface area (Å²) in [4.78, 5) is 13.2. The molecular weight excluding hydrogens is 498 g/mol. The maximum atomic E-state index is 13.2. The fourth-order valence-corrected chi connectivity index (χ4v) is 6.84. The third kappa shape index (κ3) is 12.3. The van der Waals surface area contributed by atoms with E-state index >= 15 is 0 Å². The average Bonchev–Trinajstić information content (AvgIpc) is 2.75. The summed E-state index contributed by atoms with van der Waals surface area (Å²) in [7, 11) is 0. The molecule has 1 saturated carbocycles. The molecule has 39 heavy (non-hydrogen) atoms. The van der Waals surface area contributed by atoms with Gasteiger partial charge in [0.25, 0.3) is 0 Å². The fourth-order valence-electron chi connectivity index (χ4n) is 6.84. The second-order valence-corrected chi connectivity index (χ2v) is 16.9. The lowest BCUT2D eigenvalue weighted by Crippen LogP contribution is -2.56. The summed E-state index contributed by atoms with van der Waals surface area (Å²) < 4.78 is 6.08. The Bertz CT molecular complexity index is 781. The topological polar surface area (TPSA) is 139 Å². The highest BCUT2D eigenvalue weighted by Gasteiger charge is 2.44. The van der Waals surface area contributed by atoms with Crippen molar-refractivity contribution in [1.29, 1.82) is 0 Å². The largest absolute Gasteiger partial charge is 0.390 e. The number of aliphatic hydroxyl groups is 5. The second-order valence-electron chi connectivity index (χ2n) is 16.9. The maximum absolute atomic E-state index is 13.2. The Labute approximate surface area is 237 Å². The van der Waals surface area contributed by atoms with Crippen LogP contribution in [0.1, 0.15) is 115 Å². The van der Waals surface area contributed by atoms with Gasteiger partial charge in [-0.2, -0.15) is 0 Å². The molecule has 232 valence electrons. The van der Waals surface area contributed by atoms with Gasteiger partial charge in [-0.05, 0) is 52.8 Å². The van der Waals surface area contributed by atoms with E-state index in [1.807, 2.05) is 41.5 Å². The van der Waals surface area contributed by atoms with E-state index in [1.165, 1.54) is 0 Å². The molecule has 0 bridgehead atoms. The zero-order chi connectivity index (χ0) is 30.8. The predicted octanol–water partition coefficient (Wildman–Crippen LogP) is 3.80. The molecule has 1 aliphatic rings. The van der Waals surface area contributed by atoms with Crippen LogP contribution in [0.5, 0.6) is 0 Å². The molecule has 8 nitrogen and oxygen atoms in total. The van der Waals surface area contributed by atoms with E-state index in [0.29, 0.717) is 19.3 Å². The molecule has 8 heteroatoms. The average molecular weight is 560 g/mol. The normalized spacial score (nSPS) is 27.4. The molecule has 1 aliphatic carbocycles.